The Balaban J connectivity index is 1.71. The van der Waals surface area contributed by atoms with E-state index in [0.717, 1.165) is 25.9 Å². The third-order valence-corrected chi connectivity index (χ3v) is 4.75. The fraction of sp³-hybridized carbons (Fsp3) is 0.875. The van der Waals surface area contributed by atoms with Crippen molar-refractivity contribution in [2.24, 2.45) is 5.10 Å². The topological polar surface area (TPSA) is 39.7 Å². The third-order valence-electron chi connectivity index (χ3n) is 4.55. The highest BCUT2D eigenvalue weighted by atomic mass is 32.1. The molecule has 0 aromatic heterocycles. The van der Waals surface area contributed by atoms with Crippen LogP contribution in [0.5, 0.6) is 0 Å². The van der Waals surface area contributed by atoms with Gasteiger partial charge in [-0.15, -0.1) is 0 Å². The van der Waals surface area contributed by atoms with Gasteiger partial charge in [0.25, 0.3) is 0 Å². The van der Waals surface area contributed by atoms with Gasteiger partial charge in [-0.1, -0.05) is 19.3 Å². The molecule has 1 saturated carbocycles. The standard InChI is InChI=1S/C16H30N4S/c1-16(2,3)20-11-9-14(10-12-20)18-19-15(21)17-13-7-5-4-6-8-13/h13H,4-12H2,1-3H3,(H2,17,19,21). The number of hydrogen-bond acceptors (Lipinski definition) is 3. The van der Waals surface area contributed by atoms with E-state index in [4.69, 9.17) is 12.2 Å². The smallest absolute Gasteiger partial charge is 0.187 e. The van der Waals surface area contributed by atoms with Gasteiger partial charge >= 0.3 is 0 Å². The van der Waals surface area contributed by atoms with E-state index in [-0.39, 0.29) is 5.54 Å². The minimum atomic E-state index is 0.261. The molecule has 1 aliphatic carbocycles. The van der Waals surface area contributed by atoms with Crippen molar-refractivity contribution in [2.45, 2.75) is 77.3 Å². The van der Waals surface area contributed by atoms with Crippen molar-refractivity contribution in [2.75, 3.05) is 13.1 Å². The number of hydrazone groups is 1. The SMILES string of the molecule is CC(C)(C)N1CCC(=NNC(=S)NC2CCCCC2)CC1. The maximum Gasteiger partial charge on any atom is 0.187 e. The molecule has 4 nitrogen and oxygen atoms in total. The molecule has 0 amide bonds. The summed E-state index contributed by atoms with van der Waals surface area (Å²) in [5.41, 5.74) is 4.54. The summed E-state index contributed by atoms with van der Waals surface area (Å²) in [4.78, 5) is 2.52. The van der Waals surface area contributed by atoms with Gasteiger partial charge < -0.3 is 5.32 Å². The highest BCUT2D eigenvalue weighted by Crippen LogP contribution is 2.19. The molecule has 2 rings (SSSR count). The van der Waals surface area contributed by atoms with E-state index in [0.29, 0.717) is 11.2 Å². The van der Waals surface area contributed by atoms with Crippen LogP contribution in [0, 0.1) is 0 Å². The molecule has 0 unspecified atom stereocenters. The van der Waals surface area contributed by atoms with E-state index >= 15 is 0 Å². The first-order valence-corrected chi connectivity index (χ1v) is 8.73. The quantitative estimate of drug-likeness (QED) is 0.607. The fourth-order valence-corrected chi connectivity index (χ4v) is 3.35. The summed E-state index contributed by atoms with van der Waals surface area (Å²) in [7, 11) is 0. The van der Waals surface area contributed by atoms with Crippen molar-refractivity contribution in [3.05, 3.63) is 0 Å². The van der Waals surface area contributed by atoms with Gasteiger partial charge in [-0.3, -0.25) is 10.3 Å². The van der Waals surface area contributed by atoms with Gasteiger partial charge in [-0.25, -0.2) is 0 Å². The largest absolute Gasteiger partial charge is 0.359 e. The number of likely N-dealkylation sites (tertiary alicyclic amines) is 1. The molecule has 120 valence electrons. The number of nitrogens with one attached hydrogen (secondary N) is 2. The first kappa shape index (κ1) is 16.7. The second kappa shape index (κ2) is 7.54. The summed E-state index contributed by atoms with van der Waals surface area (Å²) < 4.78 is 0. The lowest BCUT2D eigenvalue weighted by Gasteiger charge is -2.38. The fourth-order valence-electron chi connectivity index (χ4n) is 3.14. The van der Waals surface area contributed by atoms with Crippen LogP contribution in [0.1, 0.15) is 65.7 Å². The van der Waals surface area contributed by atoms with Crippen LogP contribution in [-0.2, 0) is 0 Å². The maximum atomic E-state index is 5.35. The molecule has 1 heterocycles. The lowest BCUT2D eigenvalue weighted by atomic mass is 9.96. The van der Waals surface area contributed by atoms with Crippen LogP contribution in [0.15, 0.2) is 5.10 Å². The molecule has 2 aliphatic rings. The summed E-state index contributed by atoms with van der Waals surface area (Å²) in [5.74, 6) is 0. The number of nitrogens with zero attached hydrogens (tertiary/aromatic N) is 2. The maximum absolute atomic E-state index is 5.35. The summed E-state index contributed by atoms with van der Waals surface area (Å²) >= 11 is 5.35. The van der Waals surface area contributed by atoms with Crippen molar-refractivity contribution >= 4 is 23.0 Å². The Bertz CT molecular complexity index is 370. The Morgan fingerprint density at radius 3 is 2.33 bits per heavy atom. The molecule has 0 aromatic rings. The molecule has 0 atom stereocenters. The van der Waals surface area contributed by atoms with Crippen molar-refractivity contribution in [1.82, 2.24) is 15.6 Å². The highest BCUT2D eigenvalue weighted by Gasteiger charge is 2.25. The van der Waals surface area contributed by atoms with E-state index < -0.39 is 0 Å². The van der Waals surface area contributed by atoms with E-state index in [1.807, 2.05) is 0 Å². The minimum Gasteiger partial charge on any atom is -0.359 e. The number of thiocarbonyl (C=S) groups is 1. The number of hydrogen-bond donors (Lipinski definition) is 2. The minimum absolute atomic E-state index is 0.261. The lowest BCUT2D eigenvalue weighted by molar-refractivity contribution is 0.136. The molecule has 21 heavy (non-hydrogen) atoms. The molecule has 1 aliphatic heterocycles. The Labute approximate surface area is 134 Å². The van der Waals surface area contributed by atoms with Gasteiger partial charge in [-0.2, -0.15) is 5.10 Å². The molecule has 0 radical (unpaired) electrons. The van der Waals surface area contributed by atoms with E-state index in [2.05, 4.69) is 41.5 Å². The van der Waals surface area contributed by atoms with Gasteiger partial charge in [0.2, 0.25) is 0 Å². The normalized spacial score (nSPS) is 22.0. The lowest BCUT2D eigenvalue weighted by Crippen LogP contribution is -2.47. The molecule has 2 fully saturated rings. The van der Waals surface area contributed by atoms with Gasteiger partial charge in [-0.05, 0) is 45.8 Å². The molecule has 0 spiro atoms. The van der Waals surface area contributed by atoms with E-state index in [1.165, 1.54) is 37.8 Å². The third kappa shape index (κ3) is 5.55. The molecule has 1 saturated heterocycles. The van der Waals surface area contributed by atoms with Gasteiger partial charge in [0, 0.05) is 43.2 Å². The van der Waals surface area contributed by atoms with Crippen LogP contribution in [0.4, 0.5) is 0 Å². The van der Waals surface area contributed by atoms with Crippen LogP contribution in [0.3, 0.4) is 0 Å². The van der Waals surface area contributed by atoms with Crippen LogP contribution in [0.2, 0.25) is 0 Å². The van der Waals surface area contributed by atoms with Crippen molar-refractivity contribution in [1.29, 1.82) is 0 Å². The zero-order valence-corrected chi connectivity index (χ0v) is 14.6. The molecular weight excluding hydrogens is 280 g/mol. The zero-order valence-electron chi connectivity index (χ0n) is 13.7. The Morgan fingerprint density at radius 1 is 1.14 bits per heavy atom. The Morgan fingerprint density at radius 2 is 1.76 bits per heavy atom. The van der Waals surface area contributed by atoms with Crippen LogP contribution in [-0.4, -0.2) is 40.4 Å². The zero-order chi connectivity index (χ0) is 15.3. The Kier molecular flexibility index (Phi) is 5.99. The van der Waals surface area contributed by atoms with Crippen LogP contribution >= 0.6 is 12.2 Å². The average Bonchev–Trinajstić information content (AvgIpc) is 2.46. The molecule has 0 aromatic carbocycles. The summed E-state index contributed by atoms with van der Waals surface area (Å²) in [5, 5.41) is 8.58. The first-order chi connectivity index (χ1) is 9.95. The van der Waals surface area contributed by atoms with Gasteiger partial charge in [0.1, 0.15) is 0 Å². The molecular formula is C16H30N4S. The van der Waals surface area contributed by atoms with E-state index in [9.17, 15) is 0 Å². The predicted molar refractivity (Wildman–Crippen MR) is 93.7 cm³/mol. The summed E-state index contributed by atoms with van der Waals surface area (Å²) in [6.07, 6.45) is 8.55. The van der Waals surface area contributed by atoms with Crippen LogP contribution < -0.4 is 10.7 Å². The average molecular weight is 311 g/mol. The second-order valence-corrected chi connectivity index (χ2v) is 7.66. The summed E-state index contributed by atoms with van der Waals surface area (Å²) in [6.45, 7) is 9.00. The van der Waals surface area contributed by atoms with Crippen LogP contribution in [0.25, 0.3) is 0 Å². The molecule has 0 bridgehead atoms. The first-order valence-electron chi connectivity index (χ1n) is 8.32. The number of piperidine rings is 1. The Hall–Kier alpha value is -0.680. The number of rotatable bonds is 2. The van der Waals surface area contributed by atoms with Gasteiger partial charge in [0.05, 0.1) is 0 Å². The molecule has 2 N–H and O–H groups in total. The highest BCUT2D eigenvalue weighted by molar-refractivity contribution is 7.80. The summed E-state index contributed by atoms with van der Waals surface area (Å²) in [6, 6.07) is 0.543. The van der Waals surface area contributed by atoms with Crippen molar-refractivity contribution in [3.63, 3.8) is 0 Å². The van der Waals surface area contributed by atoms with Crippen molar-refractivity contribution in [3.8, 4) is 0 Å². The van der Waals surface area contributed by atoms with Gasteiger partial charge in [0.15, 0.2) is 5.11 Å². The van der Waals surface area contributed by atoms with E-state index in [1.54, 1.807) is 0 Å². The predicted octanol–water partition coefficient (Wildman–Crippen LogP) is 3.03. The molecule has 5 heteroatoms. The van der Waals surface area contributed by atoms with Crippen molar-refractivity contribution < 1.29 is 0 Å². The monoisotopic (exact) mass is 310 g/mol. The second-order valence-electron chi connectivity index (χ2n) is 7.26.